The Morgan fingerprint density at radius 2 is 1.62 bits per heavy atom. The molecule has 0 amide bonds. The summed E-state index contributed by atoms with van der Waals surface area (Å²) in [6, 6.07) is 14.1. The molecule has 1 unspecified atom stereocenters. The first-order valence-electron chi connectivity index (χ1n) is 18.8. The monoisotopic (exact) mass is 681 g/mol. The van der Waals surface area contributed by atoms with Gasteiger partial charge in [-0.1, -0.05) is 70.8 Å². The molecule has 3 N–H and O–H groups in total. The Morgan fingerprint density at radius 3 is 2.30 bits per heavy atom. The van der Waals surface area contributed by atoms with E-state index in [4.69, 9.17) is 12.2 Å². The molecule has 6 rings (SSSR count). The third kappa shape index (κ3) is 9.37. The highest BCUT2D eigenvalue weighted by Crippen LogP contribution is 2.40. The smallest absolute Gasteiger partial charge is 0.180 e. The van der Waals surface area contributed by atoms with E-state index in [2.05, 4.69) is 67.1 Å². The predicted octanol–water partition coefficient (Wildman–Crippen LogP) is 9.02. The Labute approximate surface area is 291 Å². The minimum atomic E-state index is -3.51. The molecule has 8 heteroatoms. The molecule has 260 valence electrons. The average Bonchev–Trinajstić information content (AvgIpc) is 3.17. The zero-order chi connectivity index (χ0) is 33.3. The van der Waals surface area contributed by atoms with Gasteiger partial charge in [0, 0.05) is 23.5 Å². The maximum Gasteiger partial charge on any atom is 0.180 e. The van der Waals surface area contributed by atoms with Crippen molar-refractivity contribution >= 4 is 38.4 Å². The maximum absolute atomic E-state index is 14.1. The van der Waals surface area contributed by atoms with E-state index in [0.29, 0.717) is 4.90 Å². The number of nitrogens with one attached hydrogen (secondary N) is 3. The van der Waals surface area contributed by atoms with Crippen LogP contribution in [0.4, 0.5) is 11.4 Å². The Kier molecular flexibility index (Phi) is 12.8. The summed E-state index contributed by atoms with van der Waals surface area (Å²) in [6.07, 6.45) is 15.6. The quantitative estimate of drug-likeness (QED) is 0.0880. The van der Waals surface area contributed by atoms with Crippen LogP contribution in [0.5, 0.6) is 0 Å². The van der Waals surface area contributed by atoms with Crippen molar-refractivity contribution in [2.75, 3.05) is 49.1 Å². The first kappa shape index (κ1) is 36.3. The van der Waals surface area contributed by atoms with E-state index in [9.17, 15) is 8.42 Å². The maximum atomic E-state index is 14.1. The molecule has 4 aliphatic rings. The second kappa shape index (κ2) is 16.6. The molecule has 2 bridgehead atoms. The van der Waals surface area contributed by atoms with Crippen molar-refractivity contribution in [2.24, 2.45) is 5.92 Å². The number of nitrogens with zero attached hydrogens (tertiary/aromatic N) is 1. The number of fused-ring (bicyclic) bond motifs is 4. The highest BCUT2D eigenvalue weighted by molar-refractivity contribution is 7.91. The standard InChI is InChI=1S/C39H60N4O2S2/c1-4-7-21-39(22-8-5-2)30-47(44,45)36-17-16-33(40-23-6-3)29-35(36)38(42-39)32-13-12-14-34(28-32)41-37(46)15-10-9-11-24-43-25-18-31(19-26-43)20-27-43/h12-14,16-17,28-29,31,38,40,42H,4-11,15,18-27,30H2,1-3H3/p+1. The normalized spacial score (nSPS) is 24.3. The van der Waals surface area contributed by atoms with Gasteiger partial charge in [-0.15, -0.1) is 0 Å². The second-order valence-corrected chi connectivity index (χ2v) is 17.4. The third-order valence-corrected chi connectivity index (χ3v) is 13.5. The molecular formula is C39H61N4O2S2+. The van der Waals surface area contributed by atoms with Gasteiger partial charge in [-0.2, -0.15) is 0 Å². The molecule has 0 saturated carbocycles. The molecule has 0 aromatic heterocycles. The van der Waals surface area contributed by atoms with Gasteiger partial charge < -0.3 is 15.1 Å². The lowest BCUT2D eigenvalue weighted by Gasteiger charge is -2.49. The molecule has 0 spiro atoms. The van der Waals surface area contributed by atoms with Gasteiger partial charge >= 0.3 is 0 Å². The molecule has 2 aromatic rings. The van der Waals surface area contributed by atoms with E-state index in [1.165, 1.54) is 62.8 Å². The highest BCUT2D eigenvalue weighted by atomic mass is 32.2. The topological polar surface area (TPSA) is 70.2 Å². The van der Waals surface area contributed by atoms with Crippen LogP contribution in [0.25, 0.3) is 0 Å². The van der Waals surface area contributed by atoms with Crippen LogP contribution in [-0.2, 0) is 9.84 Å². The third-order valence-electron chi connectivity index (χ3n) is 11.2. The number of piperidine rings is 3. The van der Waals surface area contributed by atoms with Crippen LogP contribution in [0.15, 0.2) is 47.4 Å². The predicted molar refractivity (Wildman–Crippen MR) is 202 cm³/mol. The van der Waals surface area contributed by atoms with Crippen LogP contribution < -0.4 is 16.0 Å². The van der Waals surface area contributed by atoms with E-state index in [1.54, 1.807) is 0 Å². The Balaban J connectivity index is 1.32. The van der Waals surface area contributed by atoms with E-state index >= 15 is 0 Å². The summed E-state index contributed by atoms with van der Waals surface area (Å²) in [5.74, 6) is 1.15. The van der Waals surface area contributed by atoms with Crippen molar-refractivity contribution in [2.45, 2.75) is 127 Å². The molecule has 3 saturated heterocycles. The summed E-state index contributed by atoms with van der Waals surface area (Å²) in [7, 11) is -3.51. The van der Waals surface area contributed by atoms with Crippen molar-refractivity contribution in [3.05, 3.63) is 53.6 Å². The summed E-state index contributed by atoms with van der Waals surface area (Å²) in [4.78, 5) is 1.34. The minimum absolute atomic E-state index is 0.133. The molecule has 0 radical (unpaired) electrons. The summed E-state index contributed by atoms with van der Waals surface area (Å²) >= 11 is 5.85. The molecule has 3 fully saturated rings. The van der Waals surface area contributed by atoms with Crippen molar-refractivity contribution in [1.82, 2.24) is 5.32 Å². The molecule has 0 aliphatic carbocycles. The SMILES string of the molecule is CCCCC1(CCCC)CS(=O)(=O)c2ccc(NCCC)cc2C(c2cccc(NC(=S)CCCCC[N+]34CCC(CC3)CC4)c2)N1. The number of sulfone groups is 1. The second-order valence-electron chi connectivity index (χ2n) is 15.0. The fraction of sp³-hybridized carbons (Fsp3) is 0.667. The molecule has 6 nitrogen and oxygen atoms in total. The fourth-order valence-electron chi connectivity index (χ4n) is 8.41. The largest absolute Gasteiger partial charge is 0.385 e. The van der Waals surface area contributed by atoms with Crippen LogP contribution in [0.2, 0.25) is 0 Å². The summed E-state index contributed by atoms with van der Waals surface area (Å²) < 4.78 is 29.6. The lowest BCUT2D eigenvalue weighted by molar-refractivity contribution is -0.942. The number of quaternary nitrogens is 1. The van der Waals surface area contributed by atoms with Crippen molar-refractivity contribution in [3.8, 4) is 0 Å². The van der Waals surface area contributed by atoms with Gasteiger partial charge in [0.25, 0.3) is 0 Å². The van der Waals surface area contributed by atoms with Crippen LogP contribution in [-0.4, -0.2) is 61.9 Å². The summed E-state index contributed by atoms with van der Waals surface area (Å²) in [5, 5.41) is 11.0. The first-order valence-corrected chi connectivity index (χ1v) is 20.9. The van der Waals surface area contributed by atoms with Gasteiger partial charge in [-0.3, -0.25) is 5.32 Å². The number of unbranched alkanes of at least 4 members (excludes halogenated alkanes) is 4. The average molecular weight is 682 g/mol. The zero-order valence-electron chi connectivity index (χ0n) is 29.4. The fourth-order valence-corrected chi connectivity index (χ4v) is 10.7. The number of hydrogen-bond donors (Lipinski definition) is 3. The Morgan fingerprint density at radius 1 is 0.894 bits per heavy atom. The van der Waals surface area contributed by atoms with Crippen LogP contribution in [0, 0.1) is 5.92 Å². The number of rotatable bonds is 17. The van der Waals surface area contributed by atoms with E-state index in [1.807, 2.05) is 12.1 Å². The lowest BCUT2D eigenvalue weighted by atomic mass is 9.85. The van der Waals surface area contributed by atoms with Crippen LogP contribution >= 0.6 is 12.2 Å². The minimum Gasteiger partial charge on any atom is -0.385 e. The molecule has 2 aromatic carbocycles. The van der Waals surface area contributed by atoms with Gasteiger partial charge in [-0.05, 0) is 112 Å². The Hall–Kier alpha value is -2.00. The van der Waals surface area contributed by atoms with E-state index in [-0.39, 0.29) is 11.8 Å². The van der Waals surface area contributed by atoms with Crippen molar-refractivity contribution in [3.63, 3.8) is 0 Å². The number of benzene rings is 2. The zero-order valence-corrected chi connectivity index (χ0v) is 31.1. The van der Waals surface area contributed by atoms with Gasteiger partial charge in [0.2, 0.25) is 0 Å². The molecule has 4 aliphatic heterocycles. The van der Waals surface area contributed by atoms with Gasteiger partial charge in [0.15, 0.2) is 9.84 Å². The Bertz CT molecular complexity index is 1410. The molecule has 47 heavy (non-hydrogen) atoms. The van der Waals surface area contributed by atoms with Gasteiger partial charge in [-0.25, -0.2) is 8.42 Å². The first-order chi connectivity index (χ1) is 22.7. The molecule has 4 heterocycles. The number of thiocarbonyl (C=S) groups is 1. The van der Waals surface area contributed by atoms with Gasteiger partial charge in [0.1, 0.15) is 0 Å². The van der Waals surface area contributed by atoms with E-state index < -0.39 is 15.4 Å². The molecule has 1 atom stereocenters. The van der Waals surface area contributed by atoms with Crippen molar-refractivity contribution < 1.29 is 12.9 Å². The summed E-state index contributed by atoms with van der Waals surface area (Å²) in [6.45, 7) is 12.9. The summed E-state index contributed by atoms with van der Waals surface area (Å²) in [5.41, 5.74) is 3.36. The van der Waals surface area contributed by atoms with Crippen LogP contribution in [0.1, 0.15) is 128 Å². The van der Waals surface area contributed by atoms with Crippen LogP contribution in [0.3, 0.4) is 0 Å². The van der Waals surface area contributed by atoms with Gasteiger partial charge in [0.05, 0.1) is 47.9 Å². The number of anilines is 2. The highest BCUT2D eigenvalue weighted by Gasteiger charge is 2.43. The number of hydrogen-bond acceptors (Lipinski definition) is 5. The van der Waals surface area contributed by atoms with Crippen molar-refractivity contribution in [1.29, 1.82) is 0 Å². The lowest BCUT2D eigenvalue weighted by Crippen LogP contribution is -2.58. The molecular weight excluding hydrogens is 621 g/mol. The van der Waals surface area contributed by atoms with E-state index in [0.717, 1.165) is 97.7 Å².